The van der Waals surface area contributed by atoms with Crippen LogP contribution >= 0.6 is 0 Å². The van der Waals surface area contributed by atoms with Crippen molar-refractivity contribution in [2.45, 2.75) is 6.92 Å². The predicted molar refractivity (Wildman–Crippen MR) is 82.3 cm³/mol. The number of imidazole rings is 1. The van der Waals surface area contributed by atoms with Gasteiger partial charge in [-0.3, -0.25) is 14.6 Å². The zero-order valence-corrected chi connectivity index (χ0v) is 12.2. The van der Waals surface area contributed by atoms with Gasteiger partial charge in [0.2, 0.25) is 5.95 Å². The Morgan fingerprint density at radius 1 is 1.45 bits per heavy atom. The van der Waals surface area contributed by atoms with E-state index in [1.807, 2.05) is 0 Å². The number of amides is 1. The minimum absolute atomic E-state index is 0.201. The third-order valence-corrected chi connectivity index (χ3v) is 3.29. The summed E-state index contributed by atoms with van der Waals surface area (Å²) in [6, 6.07) is 1.71. The van der Waals surface area contributed by atoms with Crippen molar-refractivity contribution in [1.82, 2.24) is 14.4 Å². The van der Waals surface area contributed by atoms with Crippen LogP contribution in [0.5, 0.6) is 0 Å². The molecule has 0 aliphatic carbocycles. The summed E-state index contributed by atoms with van der Waals surface area (Å²) in [5.41, 5.74) is 8.94. The van der Waals surface area contributed by atoms with E-state index >= 15 is 0 Å². The van der Waals surface area contributed by atoms with Crippen molar-refractivity contribution >= 4 is 29.5 Å². The Morgan fingerprint density at radius 3 is 2.91 bits per heavy atom. The number of nitrogens with two attached hydrogens (primary N) is 1. The van der Waals surface area contributed by atoms with Crippen molar-refractivity contribution in [3.63, 3.8) is 0 Å². The van der Waals surface area contributed by atoms with E-state index in [-0.39, 0.29) is 5.69 Å². The van der Waals surface area contributed by atoms with E-state index in [0.29, 0.717) is 43.7 Å². The topological polar surface area (TPSA) is 110 Å². The Hall–Kier alpha value is -2.68. The van der Waals surface area contributed by atoms with Crippen LogP contribution in [0.2, 0.25) is 0 Å². The molecule has 0 unspecified atom stereocenters. The number of carbonyl (C=O) groups is 1. The molecule has 3 rings (SSSR count). The molecule has 0 atom stereocenters. The van der Waals surface area contributed by atoms with E-state index in [1.54, 1.807) is 29.8 Å². The Labute approximate surface area is 126 Å². The molecule has 2 aromatic heterocycles. The molecule has 0 radical (unpaired) electrons. The van der Waals surface area contributed by atoms with Gasteiger partial charge < -0.3 is 15.4 Å². The molecule has 3 N–H and O–H groups in total. The molecule has 2 aromatic rings. The summed E-state index contributed by atoms with van der Waals surface area (Å²) in [5.74, 6) is 0.654. The Kier molecular flexibility index (Phi) is 3.88. The van der Waals surface area contributed by atoms with E-state index in [2.05, 4.69) is 25.4 Å². The average Bonchev–Trinajstić information content (AvgIpc) is 2.97. The second-order valence-corrected chi connectivity index (χ2v) is 4.76. The number of hydrogen-bond acceptors (Lipinski definition) is 7. The molecular formula is C13H17N7O2. The summed E-state index contributed by atoms with van der Waals surface area (Å²) in [5, 5.41) is 3.97. The molecule has 0 aromatic carbocycles. The molecule has 22 heavy (non-hydrogen) atoms. The molecule has 0 saturated carbocycles. The SMILES string of the molecule is C/C=N/Nc1cc2nc(C(N)=O)cn2c(N2CCOCC2)n1. The number of hydrazone groups is 1. The second-order valence-electron chi connectivity index (χ2n) is 4.76. The number of primary amides is 1. The van der Waals surface area contributed by atoms with Gasteiger partial charge in [-0.25, -0.2) is 4.98 Å². The molecule has 3 heterocycles. The van der Waals surface area contributed by atoms with Crippen LogP contribution in [0.3, 0.4) is 0 Å². The van der Waals surface area contributed by atoms with Crippen molar-refractivity contribution in [3.05, 3.63) is 18.0 Å². The van der Waals surface area contributed by atoms with E-state index in [0.717, 1.165) is 0 Å². The van der Waals surface area contributed by atoms with Crippen LogP contribution in [-0.2, 0) is 4.74 Å². The zero-order valence-electron chi connectivity index (χ0n) is 12.2. The van der Waals surface area contributed by atoms with Gasteiger partial charge in [-0.05, 0) is 6.92 Å². The maximum Gasteiger partial charge on any atom is 0.268 e. The van der Waals surface area contributed by atoms with Gasteiger partial charge in [-0.1, -0.05) is 0 Å². The fourth-order valence-electron chi connectivity index (χ4n) is 2.27. The minimum Gasteiger partial charge on any atom is -0.378 e. The van der Waals surface area contributed by atoms with Gasteiger partial charge in [-0.2, -0.15) is 10.1 Å². The maximum absolute atomic E-state index is 11.4. The molecule has 9 heteroatoms. The van der Waals surface area contributed by atoms with Gasteiger partial charge >= 0.3 is 0 Å². The molecule has 1 aliphatic heterocycles. The molecule has 0 bridgehead atoms. The lowest BCUT2D eigenvalue weighted by Gasteiger charge is -2.28. The van der Waals surface area contributed by atoms with E-state index in [4.69, 9.17) is 10.5 Å². The molecular weight excluding hydrogens is 286 g/mol. The second kappa shape index (κ2) is 5.98. The van der Waals surface area contributed by atoms with Crippen LogP contribution in [0.25, 0.3) is 5.65 Å². The normalized spacial score (nSPS) is 15.6. The summed E-state index contributed by atoms with van der Waals surface area (Å²) in [6.45, 7) is 4.49. The van der Waals surface area contributed by atoms with Crippen LogP contribution in [0, 0.1) is 0 Å². The number of nitrogens with one attached hydrogen (secondary N) is 1. The first-order chi connectivity index (χ1) is 10.7. The van der Waals surface area contributed by atoms with Gasteiger partial charge in [0, 0.05) is 31.6 Å². The minimum atomic E-state index is -0.572. The summed E-state index contributed by atoms with van der Waals surface area (Å²) < 4.78 is 7.12. The highest BCUT2D eigenvalue weighted by Crippen LogP contribution is 2.20. The van der Waals surface area contributed by atoms with E-state index in [1.165, 1.54) is 0 Å². The zero-order chi connectivity index (χ0) is 15.5. The van der Waals surface area contributed by atoms with Gasteiger partial charge in [0.25, 0.3) is 5.91 Å². The highest BCUT2D eigenvalue weighted by Gasteiger charge is 2.19. The summed E-state index contributed by atoms with van der Waals surface area (Å²) in [4.78, 5) is 22.2. The van der Waals surface area contributed by atoms with Crippen molar-refractivity contribution < 1.29 is 9.53 Å². The smallest absolute Gasteiger partial charge is 0.268 e. The van der Waals surface area contributed by atoms with Crippen molar-refractivity contribution in [2.75, 3.05) is 36.6 Å². The van der Waals surface area contributed by atoms with E-state index < -0.39 is 5.91 Å². The van der Waals surface area contributed by atoms with Gasteiger partial charge in [0.1, 0.15) is 11.3 Å². The number of ether oxygens (including phenoxy) is 1. The molecule has 9 nitrogen and oxygen atoms in total. The van der Waals surface area contributed by atoms with E-state index in [9.17, 15) is 4.79 Å². The number of rotatable bonds is 4. The third kappa shape index (κ3) is 2.70. The number of anilines is 2. The largest absolute Gasteiger partial charge is 0.378 e. The van der Waals surface area contributed by atoms with Crippen LogP contribution in [-0.4, -0.2) is 52.8 Å². The predicted octanol–water partition coefficient (Wildman–Crippen LogP) is 0.0824. The van der Waals surface area contributed by atoms with Gasteiger partial charge in [0.15, 0.2) is 5.82 Å². The molecule has 1 saturated heterocycles. The van der Waals surface area contributed by atoms with Gasteiger partial charge in [-0.15, -0.1) is 0 Å². The third-order valence-electron chi connectivity index (χ3n) is 3.29. The Morgan fingerprint density at radius 2 is 2.23 bits per heavy atom. The first kappa shape index (κ1) is 14.3. The maximum atomic E-state index is 11.4. The monoisotopic (exact) mass is 303 g/mol. The van der Waals surface area contributed by atoms with Crippen molar-refractivity contribution in [2.24, 2.45) is 10.8 Å². The summed E-state index contributed by atoms with van der Waals surface area (Å²) in [6.07, 6.45) is 3.23. The first-order valence-corrected chi connectivity index (χ1v) is 6.95. The van der Waals surface area contributed by atoms with Crippen LogP contribution in [0.1, 0.15) is 17.4 Å². The number of carbonyl (C=O) groups excluding carboxylic acids is 1. The van der Waals surface area contributed by atoms with Crippen LogP contribution in [0.4, 0.5) is 11.8 Å². The van der Waals surface area contributed by atoms with Crippen LogP contribution in [0.15, 0.2) is 17.4 Å². The molecule has 1 aliphatic rings. The number of morpholine rings is 1. The van der Waals surface area contributed by atoms with Gasteiger partial charge in [0.05, 0.1) is 13.2 Å². The fraction of sp³-hybridized carbons (Fsp3) is 0.385. The fourth-order valence-corrected chi connectivity index (χ4v) is 2.27. The molecule has 0 spiro atoms. The number of nitrogens with zero attached hydrogens (tertiary/aromatic N) is 5. The first-order valence-electron chi connectivity index (χ1n) is 6.95. The Bertz CT molecular complexity index is 718. The quantitative estimate of drug-likeness (QED) is 0.611. The Balaban J connectivity index is 2.10. The van der Waals surface area contributed by atoms with Crippen LogP contribution < -0.4 is 16.1 Å². The molecule has 1 fully saturated rings. The molecule has 1 amide bonds. The summed E-state index contributed by atoms with van der Waals surface area (Å²) >= 11 is 0. The lowest BCUT2D eigenvalue weighted by atomic mass is 10.4. The highest BCUT2D eigenvalue weighted by atomic mass is 16.5. The number of fused-ring (bicyclic) bond motifs is 1. The standard InChI is InChI=1S/C13H17N7O2/c1-2-15-18-10-7-11-16-9(12(14)21)8-20(11)13(17-10)19-3-5-22-6-4-19/h2,7-8,18H,3-6H2,1H3,(H2,14,21)/b15-2+. The van der Waals surface area contributed by atoms with Crippen molar-refractivity contribution in [3.8, 4) is 0 Å². The summed E-state index contributed by atoms with van der Waals surface area (Å²) in [7, 11) is 0. The lowest BCUT2D eigenvalue weighted by Crippen LogP contribution is -2.38. The lowest BCUT2D eigenvalue weighted by molar-refractivity contribution is 0.0996. The molecule has 116 valence electrons. The number of aromatic nitrogens is 3. The highest BCUT2D eigenvalue weighted by molar-refractivity contribution is 5.91. The van der Waals surface area contributed by atoms with Crippen molar-refractivity contribution in [1.29, 1.82) is 0 Å². The average molecular weight is 303 g/mol. The number of hydrogen-bond donors (Lipinski definition) is 2.